The van der Waals surface area contributed by atoms with Gasteiger partial charge in [0.05, 0.1) is 0 Å². The summed E-state index contributed by atoms with van der Waals surface area (Å²) in [5.74, 6) is 0.0515. The quantitative estimate of drug-likeness (QED) is 0.717. The van der Waals surface area contributed by atoms with Gasteiger partial charge >= 0.3 is 0 Å². The molecule has 100 valence electrons. The number of carbonyl (C=O) groups is 1. The van der Waals surface area contributed by atoms with Gasteiger partial charge in [-0.1, -0.05) is 0 Å². The van der Waals surface area contributed by atoms with E-state index in [1.165, 1.54) is 0 Å². The standard InChI is InChI=1S/C14H23N3O/c1-10-7-11(15)9-12(8-10)16-6-5-13(18)17-14(2,3)4/h7-9,16H,5-6,15H2,1-4H3,(H,17,18). The molecule has 0 saturated carbocycles. The summed E-state index contributed by atoms with van der Waals surface area (Å²) in [5, 5.41) is 6.13. The Morgan fingerprint density at radius 2 is 1.94 bits per heavy atom. The largest absolute Gasteiger partial charge is 0.399 e. The predicted molar refractivity (Wildman–Crippen MR) is 76.6 cm³/mol. The number of nitrogen functional groups attached to an aromatic ring is 1. The molecule has 0 aromatic heterocycles. The third-order valence-corrected chi connectivity index (χ3v) is 2.30. The molecule has 0 radical (unpaired) electrons. The molecule has 0 aliphatic heterocycles. The first kappa shape index (κ1) is 14.4. The molecule has 1 rings (SSSR count). The number of hydrogen-bond donors (Lipinski definition) is 3. The maximum absolute atomic E-state index is 11.6. The molecule has 0 saturated heterocycles. The second-order valence-electron chi connectivity index (χ2n) is 5.61. The lowest BCUT2D eigenvalue weighted by Gasteiger charge is -2.20. The van der Waals surface area contributed by atoms with Gasteiger partial charge in [-0.3, -0.25) is 4.79 Å². The van der Waals surface area contributed by atoms with Crippen LogP contribution in [0.5, 0.6) is 0 Å². The Bertz CT molecular complexity index is 401. The van der Waals surface area contributed by atoms with Crippen LogP contribution in [0.4, 0.5) is 11.4 Å². The average molecular weight is 249 g/mol. The topological polar surface area (TPSA) is 67.1 Å². The number of aryl methyl sites for hydroxylation is 1. The molecule has 1 aromatic rings. The summed E-state index contributed by atoms with van der Waals surface area (Å²) in [6, 6.07) is 5.80. The van der Waals surface area contributed by atoms with Gasteiger partial charge in [0.15, 0.2) is 0 Å². The number of anilines is 2. The zero-order chi connectivity index (χ0) is 13.8. The van der Waals surface area contributed by atoms with E-state index in [1.54, 1.807) is 0 Å². The minimum absolute atomic E-state index is 0.0515. The van der Waals surface area contributed by atoms with Gasteiger partial charge in [0.1, 0.15) is 0 Å². The number of nitrogens with two attached hydrogens (primary N) is 1. The molecular weight excluding hydrogens is 226 g/mol. The van der Waals surface area contributed by atoms with E-state index >= 15 is 0 Å². The van der Waals surface area contributed by atoms with Gasteiger partial charge in [-0.25, -0.2) is 0 Å². The summed E-state index contributed by atoms with van der Waals surface area (Å²) in [5.41, 5.74) is 8.37. The van der Waals surface area contributed by atoms with Gasteiger partial charge in [-0.05, 0) is 51.5 Å². The SMILES string of the molecule is Cc1cc(N)cc(NCCC(=O)NC(C)(C)C)c1. The Labute approximate surface area is 109 Å². The minimum atomic E-state index is -0.176. The van der Waals surface area contributed by atoms with E-state index in [0.29, 0.717) is 13.0 Å². The van der Waals surface area contributed by atoms with E-state index in [9.17, 15) is 4.79 Å². The normalized spacial score (nSPS) is 11.1. The molecule has 4 nitrogen and oxygen atoms in total. The number of amides is 1. The number of benzene rings is 1. The lowest BCUT2D eigenvalue weighted by atomic mass is 10.1. The van der Waals surface area contributed by atoms with Gasteiger partial charge < -0.3 is 16.4 Å². The first-order valence-corrected chi connectivity index (χ1v) is 6.18. The number of carbonyl (C=O) groups excluding carboxylic acids is 1. The van der Waals surface area contributed by atoms with Gasteiger partial charge in [0.2, 0.25) is 5.91 Å². The van der Waals surface area contributed by atoms with Crippen LogP contribution >= 0.6 is 0 Å². The fourth-order valence-electron chi connectivity index (χ4n) is 1.72. The molecule has 0 aliphatic carbocycles. The Hall–Kier alpha value is -1.71. The maximum Gasteiger partial charge on any atom is 0.222 e. The van der Waals surface area contributed by atoms with Crippen molar-refractivity contribution in [3.8, 4) is 0 Å². The summed E-state index contributed by atoms with van der Waals surface area (Å²) in [7, 11) is 0. The van der Waals surface area contributed by atoms with Crippen molar-refractivity contribution in [1.82, 2.24) is 5.32 Å². The molecule has 0 unspecified atom stereocenters. The molecule has 0 atom stereocenters. The van der Waals surface area contributed by atoms with Gasteiger partial charge in [0.25, 0.3) is 0 Å². The summed E-state index contributed by atoms with van der Waals surface area (Å²) in [4.78, 5) is 11.6. The van der Waals surface area contributed by atoms with Crippen molar-refractivity contribution in [2.75, 3.05) is 17.6 Å². The first-order valence-electron chi connectivity index (χ1n) is 6.18. The molecule has 0 bridgehead atoms. The van der Waals surface area contributed by atoms with Gasteiger partial charge in [-0.2, -0.15) is 0 Å². The van der Waals surface area contributed by atoms with Crippen molar-refractivity contribution in [3.63, 3.8) is 0 Å². The lowest BCUT2D eigenvalue weighted by molar-refractivity contribution is -0.122. The second kappa shape index (κ2) is 5.76. The van der Waals surface area contributed by atoms with Crippen molar-refractivity contribution in [2.45, 2.75) is 39.7 Å². The highest BCUT2D eigenvalue weighted by Gasteiger charge is 2.12. The van der Waals surface area contributed by atoms with Crippen LogP contribution in [0, 0.1) is 6.92 Å². The van der Waals surface area contributed by atoms with Gasteiger partial charge in [0, 0.05) is 29.9 Å². The van der Waals surface area contributed by atoms with Crippen molar-refractivity contribution in [3.05, 3.63) is 23.8 Å². The average Bonchev–Trinajstić information content (AvgIpc) is 2.12. The van der Waals surface area contributed by atoms with Crippen LogP contribution in [-0.4, -0.2) is 18.0 Å². The lowest BCUT2D eigenvalue weighted by Crippen LogP contribution is -2.41. The monoisotopic (exact) mass is 249 g/mol. The molecule has 0 fully saturated rings. The van der Waals surface area contributed by atoms with Gasteiger partial charge in [-0.15, -0.1) is 0 Å². The third kappa shape index (κ3) is 5.57. The van der Waals surface area contributed by atoms with E-state index in [0.717, 1.165) is 16.9 Å². The zero-order valence-corrected chi connectivity index (χ0v) is 11.6. The van der Waals surface area contributed by atoms with E-state index in [1.807, 2.05) is 45.9 Å². The van der Waals surface area contributed by atoms with Crippen molar-refractivity contribution in [1.29, 1.82) is 0 Å². The van der Waals surface area contributed by atoms with Crippen LogP contribution in [0.2, 0.25) is 0 Å². The predicted octanol–water partition coefficient (Wildman–Crippen LogP) is 2.29. The summed E-state index contributed by atoms with van der Waals surface area (Å²) < 4.78 is 0. The molecule has 4 N–H and O–H groups in total. The van der Waals surface area contributed by atoms with E-state index in [-0.39, 0.29) is 11.4 Å². The van der Waals surface area contributed by atoms with Crippen molar-refractivity contribution >= 4 is 17.3 Å². The molecule has 18 heavy (non-hydrogen) atoms. The molecule has 1 aromatic carbocycles. The van der Waals surface area contributed by atoms with Crippen LogP contribution < -0.4 is 16.4 Å². The molecule has 0 heterocycles. The third-order valence-electron chi connectivity index (χ3n) is 2.30. The van der Waals surface area contributed by atoms with Crippen molar-refractivity contribution < 1.29 is 4.79 Å². The Morgan fingerprint density at radius 1 is 1.28 bits per heavy atom. The highest BCUT2D eigenvalue weighted by atomic mass is 16.1. The van der Waals surface area contributed by atoms with Crippen LogP contribution in [0.15, 0.2) is 18.2 Å². The maximum atomic E-state index is 11.6. The van der Waals surface area contributed by atoms with Crippen LogP contribution in [0.1, 0.15) is 32.8 Å². The van der Waals surface area contributed by atoms with E-state index in [2.05, 4.69) is 10.6 Å². The van der Waals surface area contributed by atoms with Crippen LogP contribution in [0.25, 0.3) is 0 Å². The minimum Gasteiger partial charge on any atom is -0.399 e. The van der Waals surface area contributed by atoms with Crippen LogP contribution in [-0.2, 0) is 4.79 Å². The first-order chi connectivity index (χ1) is 8.26. The fraction of sp³-hybridized carbons (Fsp3) is 0.500. The number of nitrogens with one attached hydrogen (secondary N) is 2. The molecule has 4 heteroatoms. The molecule has 0 aliphatic rings. The second-order valence-corrected chi connectivity index (χ2v) is 5.61. The molecule has 1 amide bonds. The summed E-state index contributed by atoms with van der Waals surface area (Å²) in [6.07, 6.45) is 0.450. The Balaban J connectivity index is 2.40. The number of rotatable bonds is 4. The van der Waals surface area contributed by atoms with E-state index < -0.39 is 0 Å². The Kier molecular flexibility index (Phi) is 4.59. The summed E-state index contributed by atoms with van der Waals surface area (Å²) in [6.45, 7) is 8.51. The molecule has 0 spiro atoms. The van der Waals surface area contributed by atoms with E-state index in [4.69, 9.17) is 5.73 Å². The molecular formula is C14H23N3O. The highest BCUT2D eigenvalue weighted by molar-refractivity contribution is 5.77. The van der Waals surface area contributed by atoms with Crippen molar-refractivity contribution in [2.24, 2.45) is 0 Å². The zero-order valence-electron chi connectivity index (χ0n) is 11.6. The Morgan fingerprint density at radius 3 is 2.50 bits per heavy atom. The summed E-state index contributed by atoms with van der Waals surface area (Å²) >= 11 is 0. The smallest absolute Gasteiger partial charge is 0.222 e. The van der Waals surface area contributed by atoms with Crippen LogP contribution in [0.3, 0.4) is 0 Å². The highest BCUT2D eigenvalue weighted by Crippen LogP contribution is 2.15. The number of hydrogen-bond acceptors (Lipinski definition) is 3. The fourth-order valence-corrected chi connectivity index (χ4v) is 1.72.